The van der Waals surface area contributed by atoms with E-state index < -0.39 is 0 Å². The van der Waals surface area contributed by atoms with E-state index in [2.05, 4.69) is 15.4 Å². The molecule has 0 spiro atoms. The van der Waals surface area contributed by atoms with Gasteiger partial charge in [0.1, 0.15) is 10.8 Å². The lowest BCUT2D eigenvalue weighted by Gasteiger charge is -2.09. The summed E-state index contributed by atoms with van der Waals surface area (Å²) in [5.41, 5.74) is 4.70. The van der Waals surface area contributed by atoms with Crippen LogP contribution in [0.3, 0.4) is 0 Å². The molecule has 8 heteroatoms. The van der Waals surface area contributed by atoms with Crippen molar-refractivity contribution in [2.24, 2.45) is 0 Å². The van der Waals surface area contributed by atoms with Gasteiger partial charge >= 0.3 is 0 Å². The number of nitrogens with one attached hydrogen (secondary N) is 1. The van der Waals surface area contributed by atoms with Crippen molar-refractivity contribution in [1.29, 1.82) is 0 Å². The van der Waals surface area contributed by atoms with Gasteiger partial charge in [0.2, 0.25) is 5.91 Å². The molecule has 0 bridgehead atoms. The van der Waals surface area contributed by atoms with E-state index in [-0.39, 0.29) is 17.5 Å². The van der Waals surface area contributed by atoms with Crippen molar-refractivity contribution in [1.82, 2.24) is 14.6 Å². The number of thioether (sulfide) groups is 1. The summed E-state index contributed by atoms with van der Waals surface area (Å²) >= 11 is 7.55. The van der Waals surface area contributed by atoms with Crippen LogP contribution in [0.25, 0.3) is 16.8 Å². The summed E-state index contributed by atoms with van der Waals surface area (Å²) in [5, 5.41) is 8.56. The third-order valence-corrected chi connectivity index (χ3v) is 5.78. The average molecular weight is 441 g/mol. The van der Waals surface area contributed by atoms with Crippen molar-refractivity contribution < 1.29 is 9.18 Å². The zero-order chi connectivity index (χ0) is 21.3. The van der Waals surface area contributed by atoms with Crippen LogP contribution < -0.4 is 5.32 Å². The first-order chi connectivity index (χ1) is 14.4. The number of nitrogens with zero attached hydrogens (tertiary/aromatic N) is 3. The molecule has 0 radical (unpaired) electrons. The molecule has 0 aliphatic rings. The predicted octanol–water partition coefficient (Wildman–Crippen LogP) is 5.54. The van der Waals surface area contributed by atoms with Gasteiger partial charge in [0.15, 0.2) is 5.65 Å². The molecule has 0 unspecified atom stereocenters. The van der Waals surface area contributed by atoms with Crippen LogP contribution >= 0.6 is 23.4 Å². The number of benzene rings is 2. The van der Waals surface area contributed by atoms with Gasteiger partial charge in [0.25, 0.3) is 0 Å². The third-order valence-electron chi connectivity index (χ3n) is 4.47. The normalized spacial score (nSPS) is 11.1. The first kappa shape index (κ1) is 20.4. The second-order valence-electron chi connectivity index (χ2n) is 6.86. The first-order valence-corrected chi connectivity index (χ1v) is 10.6. The molecule has 1 N–H and O–H groups in total. The fraction of sp³-hybridized carbons (Fsp3) is 0.136. The molecule has 0 aliphatic heterocycles. The highest BCUT2D eigenvalue weighted by atomic mass is 35.5. The highest BCUT2D eigenvalue weighted by Gasteiger charge is 2.14. The molecular weight excluding hydrogens is 423 g/mol. The molecular formula is C22H18ClFN4OS. The van der Waals surface area contributed by atoms with E-state index >= 15 is 0 Å². The van der Waals surface area contributed by atoms with E-state index in [1.54, 1.807) is 35.0 Å². The van der Waals surface area contributed by atoms with E-state index in [1.807, 2.05) is 26.0 Å². The van der Waals surface area contributed by atoms with Gasteiger partial charge in [-0.05, 0) is 55.3 Å². The monoisotopic (exact) mass is 440 g/mol. The van der Waals surface area contributed by atoms with Crippen molar-refractivity contribution in [2.75, 3.05) is 11.1 Å². The molecule has 0 saturated heterocycles. The van der Waals surface area contributed by atoms with Gasteiger partial charge in [0.05, 0.1) is 22.7 Å². The first-order valence-electron chi connectivity index (χ1n) is 9.21. The molecule has 2 aromatic carbocycles. The summed E-state index contributed by atoms with van der Waals surface area (Å²) in [7, 11) is 0. The van der Waals surface area contributed by atoms with Crippen molar-refractivity contribution >= 4 is 40.6 Å². The number of anilines is 1. The molecule has 152 valence electrons. The second kappa shape index (κ2) is 8.45. The largest absolute Gasteiger partial charge is 0.324 e. The molecule has 2 aromatic heterocycles. The van der Waals surface area contributed by atoms with Gasteiger partial charge in [-0.2, -0.15) is 5.10 Å². The number of fused-ring (bicyclic) bond motifs is 1. The average Bonchev–Trinajstić information content (AvgIpc) is 3.12. The van der Waals surface area contributed by atoms with E-state index in [0.717, 1.165) is 27.4 Å². The van der Waals surface area contributed by atoms with E-state index in [4.69, 9.17) is 11.6 Å². The summed E-state index contributed by atoms with van der Waals surface area (Å²) in [5.74, 6) is -0.274. The molecule has 30 heavy (non-hydrogen) atoms. The molecule has 0 atom stereocenters. The van der Waals surface area contributed by atoms with Gasteiger partial charge in [-0.15, -0.1) is 0 Å². The minimum absolute atomic E-state index is 0.167. The van der Waals surface area contributed by atoms with Crippen LogP contribution in [0.15, 0.2) is 59.8 Å². The number of halogens is 2. The number of rotatable bonds is 5. The third kappa shape index (κ3) is 4.32. The Bertz CT molecular complexity index is 1240. The smallest absolute Gasteiger partial charge is 0.234 e. The van der Waals surface area contributed by atoms with Crippen molar-refractivity contribution in [3.05, 3.63) is 76.8 Å². The van der Waals surface area contributed by atoms with E-state index in [1.165, 1.54) is 23.9 Å². The molecule has 2 heterocycles. The van der Waals surface area contributed by atoms with Gasteiger partial charge in [-0.1, -0.05) is 41.6 Å². The van der Waals surface area contributed by atoms with E-state index in [0.29, 0.717) is 16.4 Å². The number of amides is 1. The number of aromatic nitrogens is 3. The number of carbonyl (C=O) groups is 1. The highest BCUT2D eigenvalue weighted by Crippen LogP contribution is 2.28. The Balaban J connectivity index is 1.55. The lowest BCUT2D eigenvalue weighted by atomic mass is 10.1. The Kier molecular flexibility index (Phi) is 5.74. The maximum atomic E-state index is 13.3. The van der Waals surface area contributed by atoms with Crippen molar-refractivity contribution in [3.63, 3.8) is 0 Å². The minimum atomic E-state index is -0.296. The Morgan fingerprint density at radius 3 is 2.67 bits per heavy atom. The molecule has 1 amide bonds. The zero-order valence-electron chi connectivity index (χ0n) is 16.3. The van der Waals surface area contributed by atoms with Crippen LogP contribution in [0.1, 0.15) is 11.3 Å². The fourth-order valence-electron chi connectivity index (χ4n) is 3.03. The maximum absolute atomic E-state index is 13.3. The van der Waals surface area contributed by atoms with Gasteiger partial charge in [-0.25, -0.2) is 13.9 Å². The molecule has 4 aromatic rings. The van der Waals surface area contributed by atoms with Gasteiger partial charge in [0, 0.05) is 11.3 Å². The van der Waals surface area contributed by atoms with Crippen LogP contribution in [0.2, 0.25) is 5.02 Å². The minimum Gasteiger partial charge on any atom is -0.324 e. The van der Waals surface area contributed by atoms with Crippen LogP contribution in [0, 0.1) is 19.7 Å². The summed E-state index contributed by atoms with van der Waals surface area (Å²) in [6, 6.07) is 13.6. The standard InChI is InChI=1S/C22H18ClFN4OS/c1-13-3-8-19(18(23)9-13)27-20(29)12-30-21-10-14(2)26-22-17(11-25-28(21)22)15-4-6-16(24)7-5-15/h3-11H,12H2,1-2H3,(H,27,29). The molecule has 5 nitrogen and oxygen atoms in total. The quantitative estimate of drug-likeness (QED) is 0.327. The van der Waals surface area contributed by atoms with Gasteiger partial charge < -0.3 is 5.32 Å². The summed E-state index contributed by atoms with van der Waals surface area (Å²) in [4.78, 5) is 17.0. The number of hydrogen-bond donors (Lipinski definition) is 1. The molecule has 0 saturated carbocycles. The summed E-state index contributed by atoms with van der Waals surface area (Å²) < 4.78 is 15.0. The van der Waals surface area contributed by atoms with Crippen LogP contribution in [0.5, 0.6) is 0 Å². The Hall–Kier alpha value is -2.90. The molecule has 0 fully saturated rings. The molecule has 0 aliphatic carbocycles. The van der Waals surface area contributed by atoms with E-state index in [9.17, 15) is 9.18 Å². The zero-order valence-corrected chi connectivity index (χ0v) is 17.9. The van der Waals surface area contributed by atoms with Crippen LogP contribution in [-0.4, -0.2) is 26.3 Å². The van der Waals surface area contributed by atoms with Crippen molar-refractivity contribution in [2.45, 2.75) is 18.9 Å². The van der Waals surface area contributed by atoms with Gasteiger partial charge in [-0.3, -0.25) is 4.79 Å². The number of aryl methyl sites for hydroxylation is 2. The fourth-order valence-corrected chi connectivity index (χ4v) is 4.18. The maximum Gasteiger partial charge on any atom is 0.234 e. The highest BCUT2D eigenvalue weighted by molar-refractivity contribution is 7.99. The lowest BCUT2D eigenvalue weighted by Crippen LogP contribution is -2.14. The Morgan fingerprint density at radius 1 is 1.17 bits per heavy atom. The van der Waals surface area contributed by atoms with Crippen molar-refractivity contribution in [3.8, 4) is 11.1 Å². The number of hydrogen-bond acceptors (Lipinski definition) is 4. The summed E-state index contributed by atoms with van der Waals surface area (Å²) in [6.45, 7) is 3.83. The second-order valence-corrected chi connectivity index (χ2v) is 8.26. The summed E-state index contributed by atoms with van der Waals surface area (Å²) in [6.07, 6.45) is 1.70. The Labute approximate surface area is 182 Å². The number of carbonyl (C=O) groups excluding carboxylic acids is 1. The SMILES string of the molecule is Cc1ccc(NC(=O)CSc2cc(C)nc3c(-c4ccc(F)cc4)cnn23)c(Cl)c1. The topological polar surface area (TPSA) is 59.3 Å². The molecule has 4 rings (SSSR count). The lowest BCUT2D eigenvalue weighted by molar-refractivity contribution is -0.113. The Morgan fingerprint density at radius 2 is 1.93 bits per heavy atom. The van der Waals surface area contributed by atoms with Crippen LogP contribution in [-0.2, 0) is 4.79 Å². The van der Waals surface area contributed by atoms with Crippen LogP contribution in [0.4, 0.5) is 10.1 Å². The predicted molar refractivity (Wildman–Crippen MR) is 119 cm³/mol.